The third-order valence-electron chi connectivity index (χ3n) is 1.15. The second-order valence-electron chi connectivity index (χ2n) is 2.10. The van der Waals surface area contributed by atoms with E-state index < -0.39 is 4.92 Å². The van der Waals surface area contributed by atoms with Crippen LogP contribution in [0.15, 0.2) is 12.4 Å². The molecule has 12 heavy (non-hydrogen) atoms. The summed E-state index contributed by atoms with van der Waals surface area (Å²) in [5, 5.41) is 12.3. The molecule has 68 valence electrons. The third-order valence-corrected chi connectivity index (χ3v) is 1.15. The molecular formula is C6H10N2O3W. The Balaban J connectivity index is 0. The maximum absolute atomic E-state index is 10.6. The first-order valence-electron chi connectivity index (χ1n) is 3.10. The summed E-state index contributed by atoms with van der Waals surface area (Å²) in [6, 6.07) is -0.369. The number of rotatable bonds is 4. The number of nitrogens with one attached hydrogen (secondary N) is 1. The van der Waals surface area contributed by atoms with E-state index in [0.29, 0.717) is 0 Å². The first-order chi connectivity index (χ1) is 5.04. The van der Waals surface area contributed by atoms with Gasteiger partial charge in [-0.25, -0.2) is 0 Å². The maximum Gasteiger partial charge on any atom is 0.249 e. The van der Waals surface area contributed by atoms with E-state index >= 15 is 0 Å². The van der Waals surface area contributed by atoms with E-state index in [0.717, 1.165) is 12.4 Å². The van der Waals surface area contributed by atoms with Crippen molar-refractivity contribution in [2.24, 2.45) is 0 Å². The molecule has 0 saturated heterocycles. The fourth-order valence-corrected chi connectivity index (χ4v) is 0.366. The van der Waals surface area contributed by atoms with Crippen molar-refractivity contribution in [1.29, 1.82) is 0 Å². The minimum absolute atomic E-state index is 0. The summed E-state index contributed by atoms with van der Waals surface area (Å²) in [6.45, 7) is 3.05. The molecule has 1 atom stereocenters. The molecule has 1 unspecified atom stereocenters. The Labute approximate surface area is 84.6 Å². The summed E-state index contributed by atoms with van der Waals surface area (Å²) in [7, 11) is 0. The van der Waals surface area contributed by atoms with E-state index in [1.807, 2.05) is 0 Å². The summed E-state index contributed by atoms with van der Waals surface area (Å²) in [5.41, 5.74) is 0. The van der Waals surface area contributed by atoms with Crippen molar-refractivity contribution < 1.29 is 30.8 Å². The van der Waals surface area contributed by atoms with Gasteiger partial charge in [-0.05, 0) is 13.8 Å². The quantitative estimate of drug-likeness (QED) is 0.589. The Morgan fingerprint density at radius 3 is 2.50 bits per heavy atom. The van der Waals surface area contributed by atoms with E-state index in [-0.39, 0.29) is 32.9 Å². The van der Waals surface area contributed by atoms with Crippen LogP contribution in [0, 0.1) is 10.1 Å². The fourth-order valence-electron chi connectivity index (χ4n) is 0.366. The Bertz CT molecular complexity index is 193. The number of nitrogens with zero attached hydrogens (tertiary/aromatic N) is 1. The van der Waals surface area contributed by atoms with Gasteiger partial charge in [0.25, 0.3) is 0 Å². The van der Waals surface area contributed by atoms with E-state index in [4.69, 9.17) is 0 Å². The number of carbonyl (C=O) groups is 1. The predicted molar refractivity (Wildman–Crippen MR) is 39.4 cm³/mol. The molecule has 0 fully saturated rings. The van der Waals surface area contributed by atoms with Gasteiger partial charge in [0.1, 0.15) is 0 Å². The molecule has 0 aliphatic rings. The van der Waals surface area contributed by atoms with E-state index in [1.165, 1.54) is 6.92 Å². The van der Waals surface area contributed by atoms with Crippen molar-refractivity contribution in [1.82, 2.24) is 5.32 Å². The van der Waals surface area contributed by atoms with Gasteiger partial charge in [-0.15, -0.1) is 0 Å². The van der Waals surface area contributed by atoms with Crippen LogP contribution >= 0.6 is 0 Å². The van der Waals surface area contributed by atoms with Gasteiger partial charge in [0, 0.05) is 21.1 Å². The number of ketones is 1. The summed E-state index contributed by atoms with van der Waals surface area (Å²) in [4.78, 5) is 19.7. The number of Topliss-reactive ketones (excluding diaryl/α,β-unsaturated/α-hetero) is 1. The molecular weight excluding hydrogens is 332 g/mol. The SMILES string of the molecule is CC(=O)C(C)N/C=C\[N+](=O)[O-].[W]. The van der Waals surface area contributed by atoms with Crippen LogP contribution in [0.5, 0.6) is 0 Å². The number of nitro groups is 1. The molecule has 0 aliphatic carbocycles. The second kappa shape index (κ2) is 6.98. The van der Waals surface area contributed by atoms with Gasteiger partial charge in [0.05, 0.1) is 17.2 Å². The smallest absolute Gasteiger partial charge is 0.249 e. The van der Waals surface area contributed by atoms with E-state index in [1.54, 1.807) is 6.92 Å². The average Bonchev–Trinajstić information content (AvgIpc) is 1.86. The second-order valence-corrected chi connectivity index (χ2v) is 2.10. The molecule has 0 aromatic rings. The zero-order chi connectivity index (χ0) is 8.85. The van der Waals surface area contributed by atoms with Crippen molar-refractivity contribution in [3.8, 4) is 0 Å². The van der Waals surface area contributed by atoms with Crippen molar-refractivity contribution >= 4 is 5.78 Å². The Kier molecular flexibility index (Phi) is 8.06. The molecule has 0 rings (SSSR count). The largest absolute Gasteiger partial charge is 0.376 e. The molecule has 5 nitrogen and oxygen atoms in total. The van der Waals surface area contributed by atoms with Crippen LogP contribution in [0.4, 0.5) is 0 Å². The Hall–Kier alpha value is -0.702. The van der Waals surface area contributed by atoms with Crippen molar-refractivity contribution in [3.63, 3.8) is 0 Å². The van der Waals surface area contributed by atoms with Crippen LogP contribution in [-0.2, 0) is 25.9 Å². The van der Waals surface area contributed by atoms with Gasteiger partial charge >= 0.3 is 0 Å². The molecule has 0 radical (unpaired) electrons. The van der Waals surface area contributed by atoms with Gasteiger partial charge in [-0.2, -0.15) is 0 Å². The molecule has 0 spiro atoms. The summed E-state index contributed by atoms with van der Waals surface area (Å²) < 4.78 is 0. The standard InChI is InChI=1S/C6H10N2O3.W/c1-5(6(2)9)7-3-4-8(10)11;/h3-5,7H,1-2H3;/b4-3-;. The molecule has 0 bridgehead atoms. The molecule has 1 N–H and O–H groups in total. The summed E-state index contributed by atoms with van der Waals surface area (Å²) >= 11 is 0. The molecule has 0 aliphatic heterocycles. The van der Waals surface area contributed by atoms with Crippen LogP contribution in [0.1, 0.15) is 13.8 Å². The fraction of sp³-hybridized carbons (Fsp3) is 0.500. The van der Waals surface area contributed by atoms with Crippen LogP contribution in [-0.4, -0.2) is 16.7 Å². The summed E-state index contributed by atoms with van der Waals surface area (Å²) in [6.07, 6.45) is 1.89. The molecule has 0 saturated carbocycles. The monoisotopic (exact) mass is 342 g/mol. The first kappa shape index (κ1) is 13.9. The van der Waals surface area contributed by atoms with E-state index in [2.05, 4.69) is 5.32 Å². The number of hydrogen-bond acceptors (Lipinski definition) is 4. The van der Waals surface area contributed by atoms with Gasteiger partial charge in [-0.1, -0.05) is 0 Å². The molecule has 0 amide bonds. The van der Waals surface area contributed by atoms with Gasteiger partial charge in [0.2, 0.25) is 6.20 Å². The molecule has 0 aromatic heterocycles. The van der Waals surface area contributed by atoms with Gasteiger partial charge in [-0.3, -0.25) is 14.9 Å². The van der Waals surface area contributed by atoms with Gasteiger partial charge < -0.3 is 5.32 Å². The van der Waals surface area contributed by atoms with Crippen LogP contribution in [0.25, 0.3) is 0 Å². The number of hydrogen-bond donors (Lipinski definition) is 1. The molecule has 0 heterocycles. The maximum atomic E-state index is 10.6. The molecule has 0 aromatic carbocycles. The van der Waals surface area contributed by atoms with Crippen LogP contribution in [0.3, 0.4) is 0 Å². The number of carbonyl (C=O) groups excluding carboxylic acids is 1. The zero-order valence-electron chi connectivity index (χ0n) is 6.81. The normalized spacial score (nSPS) is 11.8. The van der Waals surface area contributed by atoms with Crippen LogP contribution < -0.4 is 5.32 Å². The van der Waals surface area contributed by atoms with Crippen molar-refractivity contribution in [2.75, 3.05) is 0 Å². The minimum atomic E-state index is -0.597. The topological polar surface area (TPSA) is 72.2 Å². The van der Waals surface area contributed by atoms with Crippen molar-refractivity contribution in [2.45, 2.75) is 19.9 Å². The minimum Gasteiger partial charge on any atom is -0.376 e. The Morgan fingerprint density at radius 2 is 2.17 bits per heavy atom. The molecule has 6 heteroatoms. The summed E-state index contributed by atoms with van der Waals surface area (Å²) in [5.74, 6) is -0.0574. The first-order valence-corrected chi connectivity index (χ1v) is 3.10. The van der Waals surface area contributed by atoms with E-state index in [9.17, 15) is 14.9 Å². The average molecular weight is 342 g/mol. The van der Waals surface area contributed by atoms with Crippen LogP contribution in [0.2, 0.25) is 0 Å². The Morgan fingerprint density at radius 1 is 1.67 bits per heavy atom. The zero-order valence-corrected chi connectivity index (χ0v) is 9.75. The van der Waals surface area contributed by atoms with Crippen molar-refractivity contribution in [3.05, 3.63) is 22.5 Å². The third kappa shape index (κ3) is 7.41. The van der Waals surface area contributed by atoms with Gasteiger partial charge in [0.15, 0.2) is 5.78 Å². The predicted octanol–water partition coefficient (Wildman–Crippen LogP) is 0.299.